The van der Waals surface area contributed by atoms with Crippen molar-refractivity contribution in [1.82, 2.24) is 9.97 Å². The van der Waals surface area contributed by atoms with Crippen molar-refractivity contribution in [3.05, 3.63) is 45.7 Å². The Bertz CT molecular complexity index is 701. The molecule has 5 heteroatoms. The number of hydrogen-bond donors (Lipinski definition) is 1. The first kappa shape index (κ1) is 16.2. The Hall–Kier alpha value is -1.62. The molecule has 2 heterocycles. The second-order valence-electron chi connectivity index (χ2n) is 6.20. The summed E-state index contributed by atoms with van der Waals surface area (Å²) in [4.78, 5) is 11.5. The number of rotatable bonds is 4. The van der Waals surface area contributed by atoms with E-state index in [2.05, 4.69) is 74.2 Å². The van der Waals surface area contributed by atoms with E-state index in [1.165, 1.54) is 11.1 Å². The molecule has 1 atom stereocenters. The van der Waals surface area contributed by atoms with Crippen LogP contribution < -0.4 is 10.2 Å². The zero-order valence-corrected chi connectivity index (χ0v) is 15.5. The minimum absolute atomic E-state index is 0.412. The number of fused-ring (bicyclic) bond motifs is 1. The number of hydrogen-bond acceptors (Lipinski definition) is 4. The van der Waals surface area contributed by atoms with Crippen molar-refractivity contribution < 1.29 is 0 Å². The normalized spacial score (nSPS) is 15.2. The number of nitrogens with one attached hydrogen (secondary N) is 1. The highest BCUT2D eigenvalue weighted by Crippen LogP contribution is 2.27. The van der Waals surface area contributed by atoms with Gasteiger partial charge < -0.3 is 10.2 Å². The highest BCUT2D eigenvalue weighted by atomic mass is 79.9. The Morgan fingerprint density at radius 2 is 2.09 bits per heavy atom. The average Bonchev–Trinajstić information content (AvgIpc) is 2.53. The van der Waals surface area contributed by atoms with Gasteiger partial charge in [0.05, 0.1) is 0 Å². The van der Waals surface area contributed by atoms with Gasteiger partial charge in [-0.15, -0.1) is 0 Å². The molecule has 1 aromatic heterocycles. The number of benzene rings is 1. The molecular formula is C18H23BrN4. The van der Waals surface area contributed by atoms with Crippen LogP contribution in [0.1, 0.15) is 37.2 Å². The lowest BCUT2D eigenvalue weighted by molar-refractivity contribution is 0.714. The number of halogens is 1. The van der Waals surface area contributed by atoms with Gasteiger partial charge in [-0.25, -0.2) is 9.97 Å². The summed E-state index contributed by atoms with van der Waals surface area (Å²) in [6, 6.07) is 9.04. The molecule has 0 unspecified atom stereocenters. The van der Waals surface area contributed by atoms with Crippen LogP contribution in [0.3, 0.4) is 0 Å². The summed E-state index contributed by atoms with van der Waals surface area (Å²) in [6.45, 7) is 8.19. The van der Waals surface area contributed by atoms with Crippen molar-refractivity contribution in [3.63, 3.8) is 0 Å². The maximum atomic E-state index is 4.65. The maximum Gasteiger partial charge on any atom is 0.134 e. The zero-order valence-electron chi connectivity index (χ0n) is 13.9. The molecule has 1 aliphatic heterocycles. The lowest BCUT2D eigenvalue weighted by Crippen LogP contribution is -2.31. The first-order valence-corrected chi connectivity index (χ1v) is 8.99. The quantitative estimate of drug-likeness (QED) is 0.864. The molecule has 0 amide bonds. The van der Waals surface area contributed by atoms with Crippen LogP contribution in [-0.4, -0.2) is 22.6 Å². The summed E-state index contributed by atoms with van der Waals surface area (Å²) >= 11 is 3.57. The Labute approximate surface area is 146 Å². The van der Waals surface area contributed by atoms with Gasteiger partial charge in [-0.3, -0.25) is 0 Å². The molecule has 1 N–H and O–H groups in total. The fourth-order valence-electron chi connectivity index (χ4n) is 2.86. The SMILES string of the molecule is CC[C@H](C)Nc1cc(N2CCc3ccc(Br)cc3C2)nc(C)n1. The van der Waals surface area contributed by atoms with Crippen molar-refractivity contribution in [1.29, 1.82) is 0 Å². The molecule has 0 saturated carbocycles. The van der Waals surface area contributed by atoms with E-state index < -0.39 is 0 Å². The smallest absolute Gasteiger partial charge is 0.134 e. The van der Waals surface area contributed by atoms with Crippen LogP contribution in [0.2, 0.25) is 0 Å². The Balaban J connectivity index is 1.84. The Morgan fingerprint density at radius 1 is 1.26 bits per heavy atom. The molecule has 3 rings (SSSR count). The molecule has 23 heavy (non-hydrogen) atoms. The van der Waals surface area contributed by atoms with Crippen molar-refractivity contribution in [3.8, 4) is 0 Å². The van der Waals surface area contributed by atoms with Crippen LogP contribution in [0.5, 0.6) is 0 Å². The second-order valence-corrected chi connectivity index (χ2v) is 7.11. The predicted octanol–water partition coefficient (Wildman–Crippen LogP) is 4.32. The summed E-state index contributed by atoms with van der Waals surface area (Å²) in [5.41, 5.74) is 2.81. The zero-order chi connectivity index (χ0) is 16.4. The standard InChI is InChI=1S/C18H23BrN4/c1-4-12(2)20-17-10-18(22-13(3)21-17)23-8-7-14-5-6-16(19)9-15(14)11-23/h5-6,9-10,12H,4,7-8,11H2,1-3H3,(H,20,21,22)/t12-/m0/s1. The van der Waals surface area contributed by atoms with Gasteiger partial charge in [0.25, 0.3) is 0 Å². The van der Waals surface area contributed by atoms with Gasteiger partial charge in [0.15, 0.2) is 0 Å². The van der Waals surface area contributed by atoms with E-state index in [4.69, 9.17) is 0 Å². The minimum Gasteiger partial charge on any atom is -0.367 e. The van der Waals surface area contributed by atoms with Crippen LogP contribution in [0.25, 0.3) is 0 Å². The molecule has 122 valence electrons. The average molecular weight is 375 g/mol. The van der Waals surface area contributed by atoms with Crippen LogP contribution >= 0.6 is 15.9 Å². The maximum absolute atomic E-state index is 4.65. The number of nitrogens with zero attached hydrogens (tertiary/aromatic N) is 3. The Morgan fingerprint density at radius 3 is 2.87 bits per heavy atom. The monoisotopic (exact) mass is 374 g/mol. The van der Waals surface area contributed by atoms with Crippen molar-refractivity contribution in [2.45, 2.75) is 46.2 Å². The van der Waals surface area contributed by atoms with Crippen LogP contribution in [0.15, 0.2) is 28.7 Å². The summed E-state index contributed by atoms with van der Waals surface area (Å²) in [6.07, 6.45) is 2.13. The summed E-state index contributed by atoms with van der Waals surface area (Å²) < 4.78 is 1.14. The summed E-state index contributed by atoms with van der Waals surface area (Å²) in [5.74, 6) is 2.74. The second kappa shape index (κ2) is 6.87. The van der Waals surface area contributed by atoms with Gasteiger partial charge in [0.2, 0.25) is 0 Å². The third-order valence-electron chi connectivity index (χ3n) is 4.34. The largest absolute Gasteiger partial charge is 0.367 e. The van der Waals surface area contributed by atoms with Gasteiger partial charge in [0, 0.05) is 29.7 Å². The van der Waals surface area contributed by atoms with E-state index >= 15 is 0 Å². The lowest BCUT2D eigenvalue weighted by atomic mass is 10.00. The van der Waals surface area contributed by atoms with Crippen molar-refractivity contribution in [2.75, 3.05) is 16.8 Å². The van der Waals surface area contributed by atoms with Gasteiger partial charge >= 0.3 is 0 Å². The van der Waals surface area contributed by atoms with E-state index in [0.29, 0.717) is 6.04 Å². The number of anilines is 2. The van der Waals surface area contributed by atoms with Crippen molar-refractivity contribution in [2.24, 2.45) is 0 Å². The topological polar surface area (TPSA) is 41.0 Å². The molecular weight excluding hydrogens is 352 g/mol. The molecule has 0 aliphatic carbocycles. The van der Waals surface area contributed by atoms with Crippen LogP contribution in [0.4, 0.5) is 11.6 Å². The van der Waals surface area contributed by atoms with Gasteiger partial charge in [-0.05, 0) is 49.9 Å². The molecule has 0 fully saturated rings. The van der Waals surface area contributed by atoms with E-state index in [1.54, 1.807) is 0 Å². The molecule has 0 spiro atoms. The third-order valence-corrected chi connectivity index (χ3v) is 4.83. The number of aromatic nitrogens is 2. The molecule has 4 nitrogen and oxygen atoms in total. The minimum atomic E-state index is 0.412. The van der Waals surface area contributed by atoms with Gasteiger partial charge in [-0.1, -0.05) is 28.9 Å². The molecule has 1 aromatic carbocycles. The molecule has 0 saturated heterocycles. The summed E-state index contributed by atoms with van der Waals surface area (Å²) in [5, 5.41) is 3.45. The molecule has 2 aromatic rings. The van der Waals surface area contributed by atoms with Crippen LogP contribution in [-0.2, 0) is 13.0 Å². The highest BCUT2D eigenvalue weighted by molar-refractivity contribution is 9.10. The van der Waals surface area contributed by atoms with Gasteiger partial charge in [-0.2, -0.15) is 0 Å². The first-order chi connectivity index (χ1) is 11.0. The third kappa shape index (κ3) is 3.83. The van der Waals surface area contributed by atoms with Crippen molar-refractivity contribution >= 4 is 27.6 Å². The molecule has 0 bridgehead atoms. The number of aryl methyl sites for hydroxylation is 1. The fraction of sp³-hybridized carbons (Fsp3) is 0.444. The Kier molecular flexibility index (Phi) is 4.85. The van der Waals surface area contributed by atoms with E-state index in [-0.39, 0.29) is 0 Å². The summed E-state index contributed by atoms with van der Waals surface area (Å²) in [7, 11) is 0. The van der Waals surface area contributed by atoms with E-state index in [9.17, 15) is 0 Å². The van der Waals surface area contributed by atoms with Crippen LogP contribution in [0, 0.1) is 6.92 Å². The lowest BCUT2D eigenvalue weighted by Gasteiger charge is -2.30. The molecule has 0 radical (unpaired) electrons. The predicted molar refractivity (Wildman–Crippen MR) is 99.0 cm³/mol. The highest BCUT2D eigenvalue weighted by Gasteiger charge is 2.19. The van der Waals surface area contributed by atoms with Gasteiger partial charge in [0.1, 0.15) is 17.5 Å². The molecule has 1 aliphatic rings. The fourth-order valence-corrected chi connectivity index (χ4v) is 3.27. The van der Waals surface area contributed by atoms with E-state index in [1.807, 2.05) is 6.92 Å². The van der Waals surface area contributed by atoms with E-state index in [0.717, 1.165) is 47.9 Å². The first-order valence-electron chi connectivity index (χ1n) is 8.19.